The largest absolute Gasteiger partial charge is 0.493 e. The second-order valence-electron chi connectivity index (χ2n) is 5.97. The molecule has 120 valence electrons. The molecule has 3 aliphatic rings. The summed E-state index contributed by atoms with van der Waals surface area (Å²) in [6.45, 7) is 2.47. The van der Waals surface area contributed by atoms with E-state index in [2.05, 4.69) is 29.0 Å². The van der Waals surface area contributed by atoms with E-state index in [-0.39, 0.29) is 0 Å². The van der Waals surface area contributed by atoms with E-state index in [0.717, 1.165) is 50.8 Å². The Hall–Kier alpha value is -0.970. The van der Waals surface area contributed by atoms with Crippen molar-refractivity contribution in [2.24, 2.45) is 0 Å². The van der Waals surface area contributed by atoms with Crippen LogP contribution >= 0.6 is 11.8 Å². The molecule has 3 nitrogen and oxygen atoms in total. The lowest BCUT2D eigenvalue weighted by atomic mass is 10.1. The van der Waals surface area contributed by atoms with Crippen LogP contribution in [0.4, 0.5) is 0 Å². The zero-order valence-electron chi connectivity index (χ0n) is 13.3. The van der Waals surface area contributed by atoms with Crippen molar-refractivity contribution in [2.75, 3.05) is 26.9 Å². The van der Waals surface area contributed by atoms with Gasteiger partial charge in [-0.2, -0.15) is 0 Å². The van der Waals surface area contributed by atoms with Crippen molar-refractivity contribution < 1.29 is 9.47 Å². The van der Waals surface area contributed by atoms with Gasteiger partial charge in [0.1, 0.15) is 5.76 Å². The van der Waals surface area contributed by atoms with Crippen molar-refractivity contribution in [1.29, 1.82) is 0 Å². The van der Waals surface area contributed by atoms with Crippen LogP contribution < -0.4 is 5.32 Å². The molecule has 0 spiro atoms. The summed E-state index contributed by atoms with van der Waals surface area (Å²) in [6, 6.07) is 0.756. The Morgan fingerprint density at radius 1 is 1.27 bits per heavy atom. The van der Waals surface area contributed by atoms with Gasteiger partial charge in [0.15, 0.2) is 0 Å². The Bertz CT molecular complexity index is 515. The van der Waals surface area contributed by atoms with Gasteiger partial charge >= 0.3 is 0 Å². The standard InChI is InChI=1S/C18H25NO2S/c1-20-9-3-10-21-17-8-5-14(13-19-16-6-7-16)12-15-4-2-11-22-18(15)17/h2,8,11-12,16,19H,3-7,9-10,13H2,1H3. The highest BCUT2D eigenvalue weighted by atomic mass is 32.2. The maximum absolute atomic E-state index is 6.04. The zero-order chi connectivity index (χ0) is 15.2. The quantitative estimate of drug-likeness (QED) is 0.687. The van der Waals surface area contributed by atoms with Crippen LogP contribution in [-0.2, 0) is 9.47 Å². The Kier molecular flexibility index (Phi) is 5.82. The van der Waals surface area contributed by atoms with E-state index >= 15 is 0 Å². The highest BCUT2D eigenvalue weighted by Gasteiger charge is 2.22. The summed E-state index contributed by atoms with van der Waals surface area (Å²) in [5, 5.41) is 5.80. The highest BCUT2D eigenvalue weighted by Crippen LogP contribution is 2.38. The van der Waals surface area contributed by atoms with Gasteiger partial charge in [0.2, 0.25) is 0 Å². The summed E-state index contributed by atoms with van der Waals surface area (Å²) in [4.78, 5) is 1.29. The molecule has 1 saturated carbocycles. The summed E-state index contributed by atoms with van der Waals surface area (Å²) in [5.41, 5.74) is 2.86. The Labute approximate surface area is 137 Å². The molecule has 1 aliphatic heterocycles. The molecule has 4 heteroatoms. The SMILES string of the molecule is COCCCOC1=CCC(CNC2CC2)=CC2=C1SC=CC2. The average Bonchev–Trinajstić information content (AvgIpc) is 3.37. The van der Waals surface area contributed by atoms with Crippen LogP contribution in [0.3, 0.4) is 0 Å². The van der Waals surface area contributed by atoms with E-state index in [4.69, 9.17) is 9.47 Å². The molecule has 0 radical (unpaired) electrons. The second-order valence-corrected chi connectivity index (χ2v) is 6.89. The molecule has 2 aliphatic carbocycles. The van der Waals surface area contributed by atoms with Crippen LogP contribution in [0, 0.1) is 0 Å². The van der Waals surface area contributed by atoms with Crippen LogP contribution in [0.1, 0.15) is 32.1 Å². The molecule has 0 bridgehead atoms. The van der Waals surface area contributed by atoms with E-state index in [9.17, 15) is 0 Å². The summed E-state index contributed by atoms with van der Waals surface area (Å²) in [5.74, 6) is 1.05. The number of thioether (sulfide) groups is 1. The van der Waals surface area contributed by atoms with Crippen LogP contribution in [0.2, 0.25) is 0 Å². The van der Waals surface area contributed by atoms with E-state index in [0.29, 0.717) is 0 Å². The third-order valence-corrected chi connectivity index (χ3v) is 5.04. The predicted molar refractivity (Wildman–Crippen MR) is 92.6 cm³/mol. The van der Waals surface area contributed by atoms with E-state index in [1.807, 2.05) is 0 Å². The van der Waals surface area contributed by atoms with E-state index in [1.165, 1.54) is 28.9 Å². The lowest BCUT2D eigenvalue weighted by Crippen LogP contribution is -2.19. The number of hydrogen-bond donors (Lipinski definition) is 1. The van der Waals surface area contributed by atoms with Crippen molar-refractivity contribution in [2.45, 2.75) is 38.1 Å². The average molecular weight is 319 g/mol. The molecule has 1 fully saturated rings. The van der Waals surface area contributed by atoms with Crippen molar-refractivity contribution in [3.05, 3.63) is 45.4 Å². The van der Waals surface area contributed by atoms with Gasteiger partial charge < -0.3 is 14.8 Å². The molecule has 0 amide bonds. The minimum absolute atomic E-state index is 0.719. The molecule has 0 saturated heterocycles. The number of rotatable bonds is 8. The summed E-state index contributed by atoms with van der Waals surface area (Å²) >= 11 is 1.78. The number of methoxy groups -OCH3 is 1. The molecule has 0 aromatic rings. The molecule has 0 atom stereocenters. The normalized spacial score (nSPS) is 21.1. The first-order valence-corrected chi connectivity index (χ1v) is 9.04. The monoisotopic (exact) mass is 319 g/mol. The van der Waals surface area contributed by atoms with Gasteiger partial charge in [0.05, 0.1) is 11.5 Å². The lowest BCUT2D eigenvalue weighted by molar-refractivity contribution is 0.148. The van der Waals surface area contributed by atoms with Crippen molar-refractivity contribution in [3.8, 4) is 0 Å². The predicted octanol–water partition coefficient (Wildman–Crippen LogP) is 3.91. The van der Waals surface area contributed by atoms with Gasteiger partial charge in [-0.15, -0.1) is 0 Å². The second kappa shape index (κ2) is 8.04. The van der Waals surface area contributed by atoms with E-state index in [1.54, 1.807) is 18.9 Å². The highest BCUT2D eigenvalue weighted by molar-refractivity contribution is 8.06. The molecule has 1 heterocycles. The minimum atomic E-state index is 0.719. The fourth-order valence-electron chi connectivity index (χ4n) is 2.62. The summed E-state index contributed by atoms with van der Waals surface area (Å²) in [7, 11) is 1.73. The molecule has 1 N–H and O–H groups in total. The first-order chi connectivity index (χ1) is 10.9. The maximum Gasteiger partial charge on any atom is 0.129 e. The fourth-order valence-corrected chi connectivity index (χ4v) is 3.50. The van der Waals surface area contributed by atoms with Crippen molar-refractivity contribution >= 4 is 11.8 Å². The first-order valence-electron chi connectivity index (χ1n) is 8.16. The number of allylic oxidation sites excluding steroid dienone is 4. The van der Waals surface area contributed by atoms with E-state index < -0.39 is 0 Å². The minimum Gasteiger partial charge on any atom is -0.493 e. The molecule has 3 rings (SSSR count). The molecule has 0 aromatic heterocycles. The van der Waals surface area contributed by atoms with Crippen molar-refractivity contribution in [1.82, 2.24) is 5.32 Å². The Morgan fingerprint density at radius 3 is 3.00 bits per heavy atom. The number of ether oxygens (including phenoxy) is 2. The van der Waals surface area contributed by atoms with Crippen LogP contribution in [-0.4, -0.2) is 32.9 Å². The van der Waals surface area contributed by atoms with Gasteiger partial charge in [0, 0.05) is 32.7 Å². The zero-order valence-corrected chi connectivity index (χ0v) is 14.1. The Balaban J connectivity index is 1.65. The van der Waals surface area contributed by atoms with Crippen LogP contribution in [0.5, 0.6) is 0 Å². The topological polar surface area (TPSA) is 30.5 Å². The fraction of sp³-hybridized carbons (Fsp3) is 0.556. The van der Waals surface area contributed by atoms with Gasteiger partial charge in [-0.05, 0) is 42.7 Å². The van der Waals surface area contributed by atoms with Crippen LogP contribution in [0.15, 0.2) is 45.4 Å². The first kappa shape index (κ1) is 15.9. The molecule has 0 unspecified atom stereocenters. The van der Waals surface area contributed by atoms with Gasteiger partial charge in [-0.1, -0.05) is 29.5 Å². The van der Waals surface area contributed by atoms with Crippen molar-refractivity contribution in [3.63, 3.8) is 0 Å². The summed E-state index contributed by atoms with van der Waals surface area (Å²) in [6.07, 6.45) is 12.5. The third kappa shape index (κ3) is 4.51. The molecular formula is C18H25NO2S. The Morgan fingerprint density at radius 2 is 2.18 bits per heavy atom. The number of hydrogen-bond acceptors (Lipinski definition) is 4. The number of nitrogens with one attached hydrogen (secondary N) is 1. The molecule has 22 heavy (non-hydrogen) atoms. The van der Waals surface area contributed by atoms with Gasteiger partial charge in [0.25, 0.3) is 0 Å². The van der Waals surface area contributed by atoms with Gasteiger partial charge in [-0.3, -0.25) is 0 Å². The van der Waals surface area contributed by atoms with Crippen LogP contribution in [0.25, 0.3) is 0 Å². The molecule has 0 aromatic carbocycles. The maximum atomic E-state index is 6.04. The van der Waals surface area contributed by atoms with Gasteiger partial charge in [-0.25, -0.2) is 0 Å². The summed E-state index contributed by atoms with van der Waals surface area (Å²) < 4.78 is 11.1. The lowest BCUT2D eigenvalue weighted by Gasteiger charge is -2.16. The molecular weight excluding hydrogens is 294 g/mol. The smallest absolute Gasteiger partial charge is 0.129 e. The third-order valence-electron chi connectivity index (χ3n) is 4.01.